The number of alkyl halides is 1. The molecule has 0 aliphatic heterocycles. The van der Waals surface area contributed by atoms with Crippen molar-refractivity contribution in [3.05, 3.63) is 0 Å². The first-order chi connectivity index (χ1) is 6.45. The summed E-state index contributed by atoms with van der Waals surface area (Å²) in [5.74, 6) is 0.230. The molecule has 0 amide bonds. The zero-order chi connectivity index (χ0) is 11.1. The fraction of sp³-hybridized carbons (Fsp3) is 1.00. The summed E-state index contributed by atoms with van der Waals surface area (Å²) in [6.07, 6.45) is -0.911. The zero-order valence-corrected chi connectivity index (χ0v) is 9.91. The standard InChI is InChI=1S/C9H21ClN2O2/c1-11(2)5-9(14)7-12(3)6-8(13)4-10/h8-9,13-14H,4-7H2,1-3H3. The summed E-state index contributed by atoms with van der Waals surface area (Å²) in [6, 6.07) is 0. The van der Waals surface area contributed by atoms with Crippen LogP contribution in [0.5, 0.6) is 0 Å². The molecule has 86 valence electrons. The van der Waals surface area contributed by atoms with E-state index >= 15 is 0 Å². The van der Waals surface area contributed by atoms with Crippen molar-refractivity contribution >= 4 is 11.6 Å². The fourth-order valence-electron chi connectivity index (χ4n) is 1.32. The average molecular weight is 225 g/mol. The summed E-state index contributed by atoms with van der Waals surface area (Å²) in [4.78, 5) is 3.80. The summed E-state index contributed by atoms with van der Waals surface area (Å²) >= 11 is 5.47. The molecule has 0 saturated heterocycles. The van der Waals surface area contributed by atoms with Gasteiger partial charge in [-0.05, 0) is 21.1 Å². The lowest BCUT2D eigenvalue weighted by Crippen LogP contribution is -2.39. The second kappa shape index (κ2) is 7.43. The molecule has 14 heavy (non-hydrogen) atoms. The Hall–Kier alpha value is 0.130. The van der Waals surface area contributed by atoms with E-state index in [1.54, 1.807) is 0 Å². The van der Waals surface area contributed by atoms with Crippen LogP contribution in [0.4, 0.5) is 0 Å². The quantitative estimate of drug-likeness (QED) is 0.570. The van der Waals surface area contributed by atoms with Gasteiger partial charge in [0.05, 0.1) is 12.2 Å². The van der Waals surface area contributed by atoms with Crippen LogP contribution in [0.2, 0.25) is 0 Å². The monoisotopic (exact) mass is 224 g/mol. The van der Waals surface area contributed by atoms with Crippen LogP contribution in [-0.4, -0.2) is 78.9 Å². The second-order valence-electron chi connectivity index (χ2n) is 3.95. The Labute approximate surface area is 91.1 Å². The van der Waals surface area contributed by atoms with E-state index in [4.69, 9.17) is 11.6 Å². The third-order valence-corrected chi connectivity index (χ3v) is 2.16. The minimum Gasteiger partial charge on any atom is -0.391 e. The van der Waals surface area contributed by atoms with E-state index in [0.717, 1.165) is 0 Å². The third-order valence-electron chi connectivity index (χ3n) is 1.80. The first-order valence-corrected chi connectivity index (χ1v) is 5.24. The normalized spacial score (nSPS) is 16.3. The SMILES string of the molecule is CN(C)CC(O)CN(C)CC(O)CCl. The minimum absolute atomic E-state index is 0.230. The van der Waals surface area contributed by atoms with Crippen molar-refractivity contribution in [2.45, 2.75) is 12.2 Å². The van der Waals surface area contributed by atoms with Crippen LogP contribution in [-0.2, 0) is 0 Å². The van der Waals surface area contributed by atoms with Crippen molar-refractivity contribution in [2.24, 2.45) is 0 Å². The molecular formula is C9H21ClN2O2. The van der Waals surface area contributed by atoms with Crippen LogP contribution < -0.4 is 0 Å². The van der Waals surface area contributed by atoms with Crippen molar-refractivity contribution in [1.82, 2.24) is 9.80 Å². The summed E-state index contributed by atoms with van der Waals surface area (Å²) in [7, 11) is 5.68. The maximum Gasteiger partial charge on any atom is 0.0802 e. The van der Waals surface area contributed by atoms with Crippen molar-refractivity contribution < 1.29 is 10.2 Å². The lowest BCUT2D eigenvalue weighted by Gasteiger charge is -2.24. The number of rotatable bonds is 7. The van der Waals surface area contributed by atoms with E-state index in [1.165, 1.54) is 0 Å². The van der Waals surface area contributed by atoms with E-state index in [9.17, 15) is 10.2 Å². The summed E-state index contributed by atoms with van der Waals surface area (Å²) in [6.45, 7) is 1.67. The lowest BCUT2D eigenvalue weighted by molar-refractivity contribution is 0.0762. The molecule has 0 aliphatic rings. The molecule has 0 aromatic carbocycles. The van der Waals surface area contributed by atoms with Gasteiger partial charge in [-0.1, -0.05) is 0 Å². The van der Waals surface area contributed by atoms with Crippen molar-refractivity contribution in [3.63, 3.8) is 0 Å². The highest BCUT2D eigenvalue weighted by molar-refractivity contribution is 6.18. The molecule has 0 fully saturated rings. The van der Waals surface area contributed by atoms with Gasteiger partial charge >= 0.3 is 0 Å². The molecule has 0 saturated carbocycles. The number of halogens is 1. The number of hydrogen-bond acceptors (Lipinski definition) is 4. The topological polar surface area (TPSA) is 46.9 Å². The Morgan fingerprint density at radius 2 is 1.50 bits per heavy atom. The number of aliphatic hydroxyl groups is 2. The molecule has 0 bridgehead atoms. The molecule has 0 heterocycles. The Bertz CT molecular complexity index is 147. The zero-order valence-electron chi connectivity index (χ0n) is 9.15. The van der Waals surface area contributed by atoms with Gasteiger partial charge in [0.15, 0.2) is 0 Å². The van der Waals surface area contributed by atoms with Crippen LogP contribution in [0.25, 0.3) is 0 Å². The van der Waals surface area contributed by atoms with Crippen LogP contribution in [0.15, 0.2) is 0 Å². The van der Waals surface area contributed by atoms with Crippen molar-refractivity contribution in [3.8, 4) is 0 Å². The maximum absolute atomic E-state index is 9.58. The molecule has 0 radical (unpaired) electrons. The van der Waals surface area contributed by atoms with E-state index in [-0.39, 0.29) is 5.88 Å². The predicted octanol–water partition coefficient (Wildman–Crippen LogP) is -0.560. The van der Waals surface area contributed by atoms with Gasteiger partial charge in [0, 0.05) is 25.5 Å². The molecule has 0 aromatic heterocycles. The van der Waals surface area contributed by atoms with Crippen LogP contribution in [0.1, 0.15) is 0 Å². The van der Waals surface area contributed by atoms with Crippen molar-refractivity contribution in [1.29, 1.82) is 0 Å². The molecule has 0 spiro atoms. The van der Waals surface area contributed by atoms with Crippen LogP contribution in [0, 0.1) is 0 Å². The van der Waals surface area contributed by atoms with Crippen LogP contribution in [0.3, 0.4) is 0 Å². The maximum atomic E-state index is 9.58. The summed E-state index contributed by atoms with van der Waals surface area (Å²) in [5, 5.41) is 18.8. The van der Waals surface area contributed by atoms with Gasteiger partial charge < -0.3 is 20.0 Å². The molecule has 0 aromatic rings. The number of nitrogens with zero attached hydrogens (tertiary/aromatic N) is 2. The van der Waals surface area contributed by atoms with Gasteiger partial charge in [0.25, 0.3) is 0 Å². The molecule has 2 unspecified atom stereocenters. The highest BCUT2D eigenvalue weighted by Crippen LogP contribution is 1.95. The first kappa shape index (κ1) is 14.1. The number of hydrogen-bond donors (Lipinski definition) is 2. The molecule has 0 rings (SSSR count). The Balaban J connectivity index is 3.65. The van der Waals surface area contributed by atoms with Gasteiger partial charge in [0.2, 0.25) is 0 Å². The highest BCUT2D eigenvalue weighted by Gasteiger charge is 2.11. The smallest absolute Gasteiger partial charge is 0.0802 e. The molecule has 4 nitrogen and oxygen atoms in total. The Morgan fingerprint density at radius 1 is 1.00 bits per heavy atom. The number of aliphatic hydroxyl groups excluding tert-OH is 2. The Kier molecular flexibility index (Phi) is 7.49. The third kappa shape index (κ3) is 7.53. The minimum atomic E-state index is -0.520. The van der Waals surface area contributed by atoms with Gasteiger partial charge in [-0.2, -0.15) is 0 Å². The average Bonchev–Trinajstić information content (AvgIpc) is 2.01. The molecule has 5 heteroatoms. The second-order valence-corrected chi connectivity index (χ2v) is 4.25. The largest absolute Gasteiger partial charge is 0.391 e. The van der Waals surface area contributed by atoms with Gasteiger partial charge in [-0.25, -0.2) is 0 Å². The van der Waals surface area contributed by atoms with E-state index in [1.807, 2.05) is 30.9 Å². The van der Waals surface area contributed by atoms with Gasteiger partial charge in [-0.15, -0.1) is 11.6 Å². The molecule has 2 atom stereocenters. The number of likely N-dealkylation sites (N-methyl/N-ethyl adjacent to an activating group) is 2. The Morgan fingerprint density at radius 3 is 1.93 bits per heavy atom. The van der Waals surface area contributed by atoms with E-state index < -0.39 is 12.2 Å². The van der Waals surface area contributed by atoms with Gasteiger partial charge in [-0.3, -0.25) is 0 Å². The first-order valence-electron chi connectivity index (χ1n) is 4.71. The lowest BCUT2D eigenvalue weighted by atomic mass is 10.3. The van der Waals surface area contributed by atoms with Gasteiger partial charge in [0.1, 0.15) is 0 Å². The molecule has 2 N–H and O–H groups in total. The summed E-state index contributed by atoms with van der Waals surface area (Å²) in [5.41, 5.74) is 0. The summed E-state index contributed by atoms with van der Waals surface area (Å²) < 4.78 is 0. The molecule has 0 aliphatic carbocycles. The molecular weight excluding hydrogens is 204 g/mol. The van der Waals surface area contributed by atoms with E-state index in [0.29, 0.717) is 19.6 Å². The fourth-order valence-corrected chi connectivity index (χ4v) is 1.42. The van der Waals surface area contributed by atoms with Crippen LogP contribution >= 0.6 is 11.6 Å². The predicted molar refractivity (Wildman–Crippen MR) is 58.8 cm³/mol. The highest BCUT2D eigenvalue weighted by atomic mass is 35.5. The van der Waals surface area contributed by atoms with E-state index in [2.05, 4.69) is 0 Å². The van der Waals surface area contributed by atoms with Crippen molar-refractivity contribution in [2.75, 3.05) is 46.7 Å².